The van der Waals surface area contributed by atoms with Gasteiger partial charge in [0.15, 0.2) is 0 Å². The van der Waals surface area contributed by atoms with Crippen molar-refractivity contribution in [2.24, 2.45) is 0 Å². The van der Waals surface area contributed by atoms with E-state index < -0.39 is 5.60 Å². The van der Waals surface area contributed by atoms with E-state index in [-0.39, 0.29) is 5.91 Å². The van der Waals surface area contributed by atoms with Gasteiger partial charge in [0, 0.05) is 57.9 Å². The number of hydrogen-bond donors (Lipinski definition) is 1. The molecule has 0 aliphatic carbocycles. The summed E-state index contributed by atoms with van der Waals surface area (Å²) in [5.74, 6) is 2.53. The summed E-state index contributed by atoms with van der Waals surface area (Å²) in [5, 5.41) is 12.6. The number of unbranched alkanes of at least 4 members (excludes halogenated alkanes) is 60. The van der Waals surface area contributed by atoms with Gasteiger partial charge in [0.1, 0.15) is 5.60 Å². The maximum Gasteiger partial charge on any atom is 0.253 e. The summed E-state index contributed by atoms with van der Waals surface area (Å²) >= 11 is 0. The fourth-order valence-electron chi connectivity index (χ4n) is 16.8. The van der Waals surface area contributed by atoms with Gasteiger partial charge in [0.25, 0.3) is 5.91 Å². The molecule has 4 aromatic rings. The number of benzene rings is 3. The van der Waals surface area contributed by atoms with Crippen molar-refractivity contribution in [3.63, 3.8) is 0 Å². The Morgan fingerprint density at radius 3 is 0.731 bits per heavy atom. The van der Waals surface area contributed by atoms with Crippen molar-refractivity contribution in [3.05, 3.63) is 107 Å². The first-order valence-electron chi connectivity index (χ1n) is 47.7. The van der Waals surface area contributed by atoms with Crippen LogP contribution in [0.5, 0.6) is 0 Å². The molecule has 1 fully saturated rings. The number of amides is 1. The number of nitrogens with zero attached hydrogens (tertiary/aromatic N) is 7. The van der Waals surface area contributed by atoms with Gasteiger partial charge >= 0.3 is 0 Å². The van der Waals surface area contributed by atoms with Crippen molar-refractivity contribution in [2.45, 2.75) is 444 Å². The van der Waals surface area contributed by atoms with Gasteiger partial charge in [-0.15, -0.1) is 0 Å². The molecule has 614 valence electrons. The Morgan fingerprint density at radius 2 is 0.500 bits per heavy atom. The molecule has 0 saturated carbocycles. The molecule has 3 aromatic carbocycles. The molecule has 1 N–H and O–H groups in total. The minimum absolute atomic E-state index is 0.0220. The molecule has 0 radical (unpaired) electrons. The summed E-state index contributed by atoms with van der Waals surface area (Å²) in [6.45, 7) is 15.7. The Morgan fingerprint density at radius 1 is 0.287 bits per heavy atom. The number of anilines is 3. The summed E-state index contributed by atoms with van der Waals surface area (Å²) in [4.78, 5) is 40.9. The predicted molar refractivity (Wildman–Crippen MR) is 472 cm³/mol. The maximum absolute atomic E-state index is 14.6. The van der Waals surface area contributed by atoms with E-state index in [1.165, 1.54) is 385 Å². The zero-order valence-corrected chi connectivity index (χ0v) is 71.5. The Balaban J connectivity index is 1.30. The molecule has 0 atom stereocenters. The molecular formula is C99H171N7O2. The van der Waals surface area contributed by atoms with E-state index in [4.69, 9.17) is 15.0 Å². The van der Waals surface area contributed by atoms with Gasteiger partial charge in [-0.25, -0.2) is 0 Å². The van der Waals surface area contributed by atoms with E-state index in [9.17, 15) is 9.90 Å². The lowest BCUT2D eigenvalue weighted by Crippen LogP contribution is -2.49. The second-order valence-electron chi connectivity index (χ2n) is 33.7. The predicted octanol–water partition coefficient (Wildman–Crippen LogP) is 29.8. The molecule has 1 aliphatic heterocycles. The van der Waals surface area contributed by atoms with E-state index >= 15 is 0 Å². The van der Waals surface area contributed by atoms with E-state index in [2.05, 4.69) is 42.4 Å². The first-order chi connectivity index (χ1) is 53.4. The fraction of sp³-hybridized carbons (Fsp3) is 0.778. The highest BCUT2D eigenvalue weighted by atomic mass is 16.3. The van der Waals surface area contributed by atoms with Gasteiger partial charge in [-0.05, 0) is 54.5 Å². The summed E-state index contributed by atoms with van der Waals surface area (Å²) in [6, 6.07) is 27.5. The quantitative estimate of drug-likeness (QED) is 0.0345. The average molecular weight is 1490 g/mol. The number of carbonyl (C=O) groups is 1. The molecule has 0 bridgehead atoms. The van der Waals surface area contributed by atoms with Crippen LogP contribution in [0.1, 0.15) is 466 Å². The second-order valence-corrected chi connectivity index (χ2v) is 33.7. The molecule has 1 saturated heterocycles. The highest BCUT2D eigenvalue weighted by Gasteiger charge is 2.34. The van der Waals surface area contributed by atoms with Crippen molar-refractivity contribution >= 4 is 23.8 Å². The highest BCUT2D eigenvalue weighted by molar-refractivity contribution is 5.94. The smallest absolute Gasteiger partial charge is 0.253 e. The van der Waals surface area contributed by atoms with Gasteiger partial charge in [0.05, 0.1) is 0 Å². The zero-order valence-electron chi connectivity index (χ0n) is 71.5. The van der Waals surface area contributed by atoms with E-state index in [0.717, 1.165) is 86.4 Å². The standard InChI is InChI=1S/C99H171N7O2/c1-5-9-13-17-21-25-29-33-37-41-45-49-53-57-61-71-83-104(84-72-62-58-54-50-46-42-38-34-30-26-22-18-14-10-6-2)96-100-97(102-98(101-96)106-89-87-103(88-90-106)95(107)91-79-81-94(82-80-91)99(108,92-75-67-65-68-76-92)93-77-69-66-70-78-93)105(85-73-63-59-55-51-47-43-39-35-31-27-23-19-15-11-7-3)86-74-64-60-56-52-48-44-40-36-32-28-24-20-16-12-8-4/h65-70,75-82,108H,5-64,71-74,83-90H2,1-4H3. The van der Waals surface area contributed by atoms with Gasteiger partial charge in [-0.1, -0.05) is 486 Å². The van der Waals surface area contributed by atoms with E-state index in [1.807, 2.05) is 89.8 Å². The minimum atomic E-state index is -1.36. The Hall–Kier alpha value is -4.50. The Bertz CT molecular complexity index is 2420. The molecule has 9 heteroatoms. The summed E-state index contributed by atoms with van der Waals surface area (Å²) in [5.41, 5.74) is 1.60. The maximum atomic E-state index is 14.6. The van der Waals surface area contributed by atoms with Crippen LogP contribution < -0.4 is 14.7 Å². The van der Waals surface area contributed by atoms with Crippen molar-refractivity contribution in [3.8, 4) is 0 Å². The number of hydrogen-bond acceptors (Lipinski definition) is 8. The van der Waals surface area contributed by atoms with Crippen LogP contribution in [0.4, 0.5) is 17.8 Å². The normalized spacial score (nSPS) is 12.6. The third kappa shape index (κ3) is 43.5. The van der Waals surface area contributed by atoms with Crippen molar-refractivity contribution < 1.29 is 9.90 Å². The van der Waals surface area contributed by atoms with Crippen LogP contribution in [0.15, 0.2) is 84.9 Å². The molecular weight excluding hydrogens is 1320 g/mol. The Labute approximate surface area is 668 Å². The molecule has 1 aliphatic rings. The molecule has 9 nitrogen and oxygen atoms in total. The van der Waals surface area contributed by atoms with Crippen LogP contribution in [-0.2, 0) is 5.60 Å². The fourth-order valence-corrected chi connectivity index (χ4v) is 16.8. The molecule has 1 amide bonds. The second kappa shape index (κ2) is 66.0. The molecule has 0 spiro atoms. The molecule has 108 heavy (non-hydrogen) atoms. The van der Waals surface area contributed by atoms with Crippen LogP contribution in [0.3, 0.4) is 0 Å². The molecule has 1 aromatic heterocycles. The van der Waals surface area contributed by atoms with Crippen LogP contribution in [0.2, 0.25) is 0 Å². The van der Waals surface area contributed by atoms with E-state index in [1.54, 1.807) is 0 Å². The number of aliphatic hydroxyl groups is 1. The first-order valence-corrected chi connectivity index (χ1v) is 47.7. The van der Waals surface area contributed by atoms with Crippen LogP contribution in [0, 0.1) is 0 Å². The third-order valence-corrected chi connectivity index (χ3v) is 24.1. The van der Waals surface area contributed by atoms with Gasteiger partial charge in [-0.3, -0.25) is 4.79 Å². The number of aromatic nitrogens is 3. The van der Waals surface area contributed by atoms with Crippen molar-refractivity contribution in [1.82, 2.24) is 19.9 Å². The summed E-state index contributed by atoms with van der Waals surface area (Å²) < 4.78 is 0. The molecule has 2 heterocycles. The number of rotatable bonds is 75. The average Bonchev–Trinajstić information content (AvgIpc) is 0.768. The summed E-state index contributed by atoms with van der Waals surface area (Å²) in [6.07, 6.45) is 87.8. The molecule has 5 rings (SSSR count). The van der Waals surface area contributed by atoms with Gasteiger partial charge in [-0.2, -0.15) is 15.0 Å². The van der Waals surface area contributed by atoms with E-state index in [0.29, 0.717) is 31.7 Å². The SMILES string of the molecule is CCCCCCCCCCCCCCCCCCN(CCCCCCCCCCCCCCCCCC)c1nc(N(CCCCCCCCCCCCCCCCCC)CCCCCCCCCCCCCCCCCC)nc(N2CCN(C(=O)c3ccc(C(O)(c4ccccc4)c4ccccc4)cc3)CC2)n1. The monoisotopic (exact) mass is 1490 g/mol. The van der Waals surface area contributed by atoms with Crippen LogP contribution in [-0.4, -0.2) is 83.2 Å². The Kier molecular flexibility index (Phi) is 57.5. The van der Waals surface area contributed by atoms with Crippen molar-refractivity contribution in [1.29, 1.82) is 0 Å². The van der Waals surface area contributed by atoms with Gasteiger partial charge in [0.2, 0.25) is 17.8 Å². The topological polar surface area (TPSA) is 88.9 Å². The molecule has 0 unspecified atom stereocenters. The van der Waals surface area contributed by atoms with Crippen LogP contribution >= 0.6 is 0 Å². The first kappa shape index (κ1) is 94.1. The lowest BCUT2D eigenvalue weighted by molar-refractivity contribution is 0.0745. The lowest BCUT2D eigenvalue weighted by atomic mass is 9.80. The minimum Gasteiger partial charge on any atom is -0.376 e. The highest BCUT2D eigenvalue weighted by Crippen LogP contribution is 2.37. The summed E-state index contributed by atoms with van der Waals surface area (Å²) in [7, 11) is 0. The largest absolute Gasteiger partial charge is 0.376 e. The zero-order chi connectivity index (χ0) is 76.4. The number of carbonyl (C=O) groups excluding carboxylic acids is 1. The van der Waals surface area contributed by atoms with Gasteiger partial charge < -0.3 is 24.7 Å². The van der Waals surface area contributed by atoms with Crippen LogP contribution in [0.25, 0.3) is 0 Å². The third-order valence-electron chi connectivity index (χ3n) is 24.1. The number of piperazine rings is 1. The lowest BCUT2D eigenvalue weighted by Gasteiger charge is -2.36. The van der Waals surface area contributed by atoms with Crippen molar-refractivity contribution in [2.75, 3.05) is 67.1 Å².